The second-order valence-corrected chi connectivity index (χ2v) is 10.6. The smallest absolute Gasteiger partial charge is 0.330 e. The van der Waals surface area contributed by atoms with Crippen molar-refractivity contribution in [3.05, 3.63) is 66.8 Å². The van der Waals surface area contributed by atoms with E-state index in [1.807, 2.05) is 11.0 Å². The van der Waals surface area contributed by atoms with Gasteiger partial charge < -0.3 is 24.3 Å². The highest BCUT2D eigenvalue weighted by Gasteiger charge is 2.40. The van der Waals surface area contributed by atoms with Crippen molar-refractivity contribution < 1.29 is 14.3 Å². The van der Waals surface area contributed by atoms with E-state index in [1.165, 1.54) is 9.13 Å². The van der Waals surface area contributed by atoms with E-state index in [4.69, 9.17) is 9.47 Å². The number of carbonyl (C=O) groups is 1. The van der Waals surface area contributed by atoms with Crippen LogP contribution in [-0.4, -0.2) is 71.1 Å². The zero-order valence-corrected chi connectivity index (χ0v) is 23.3. The van der Waals surface area contributed by atoms with Crippen LogP contribution >= 0.6 is 0 Å². The lowest BCUT2D eigenvalue weighted by atomic mass is 9.80. The number of amides is 1. The quantitative estimate of drug-likeness (QED) is 0.369. The monoisotopic (exact) mass is 543 g/mol. The molecule has 214 valence electrons. The number of ether oxygens (including phenoxy) is 2. The van der Waals surface area contributed by atoms with Gasteiger partial charge in [-0.05, 0) is 56.2 Å². The normalized spacial score (nSPS) is 19.3. The molecule has 0 unspecified atom stereocenters. The number of carbonyl (C=O) groups excluding carboxylic acids is 1. The van der Waals surface area contributed by atoms with Crippen LogP contribution in [0, 0.1) is 5.92 Å². The zero-order valence-electron chi connectivity index (χ0n) is 23.3. The Bertz CT molecular complexity index is 1310. The van der Waals surface area contributed by atoms with Crippen LogP contribution in [0.5, 0.6) is 0 Å². The van der Waals surface area contributed by atoms with E-state index in [-0.39, 0.29) is 53.7 Å². The summed E-state index contributed by atoms with van der Waals surface area (Å²) < 4.78 is 14.6. The molecule has 1 saturated carbocycles. The van der Waals surface area contributed by atoms with Gasteiger partial charge in [-0.25, -0.2) is 4.79 Å². The maximum atomic E-state index is 14.1. The summed E-state index contributed by atoms with van der Waals surface area (Å²) >= 11 is 0. The molecule has 39 heavy (non-hydrogen) atoms. The second-order valence-electron chi connectivity index (χ2n) is 10.6. The predicted octanol–water partition coefficient (Wildman–Crippen LogP) is 0.666. The number of rotatable bonds is 13. The van der Waals surface area contributed by atoms with E-state index < -0.39 is 0 Å². The molecule has 1 N–H and O–H groups in total. The minimum absolute atomic E-state index is 0.0159. The van der Waals surface area contributed by atoms with Crippen molar-refractivity contribution in [2.45, 2.75) is 63.7 Å². The van der Waals surface area contributed by atoms with E-state index in [9.17, 15) is 19.2 Å². The third-order valence-corrected chi connectivity index (χ3v) is 7.75. The Labute approximate surface area is 228 Å². The Morgan fingerprint density at radius 3 is 2.46 bits per heavy atom. The second kappa shape index (κ2) is 13.4. The summed E-state index contributed by atoms with van der Waals surface area (Å²) in [5, 5.41) is 3.35. The standard InChI is InChI=1S/C28H41N5O6/c1-30-13-9-20(16-25(30)34)23-8-10-29-17-24(23)27(36)33(22-6-7-22)19-21-18-31(11-4-14-38-2)28(37)32(26(21)35)12-5-15-39-3/h9,13,16,18,22-24,29H,4-8,10-12,14-15,17,19H2,1-3H3/t23-,24+/m1/s1. The first-order chi connectivity index (χ1) is 18.8. The molecule has 1 amide bonds. The Balaban J connectivity index is 1.64. The molecular weight excluding hydrogens is 502 g/mol. The number of piperidine rings is 1. The number of pyridine rings is 1. The number of nitrogens with one attached hydrogen (secondary N) is 1. The van der Waals surface area contributed by atoms with Gasteiger partial charge in [-0.2, -0.15) is 0 Å². The van der Waals surface area contributed by atoms with Crippen molar-refractivity contribution in [1.29, 1.82) is 0 Å². The molecule has 3 heterocycles. The number of hydrogen-bond acceptors (Lipinski definition) is 7. The van der Waals surface area contributed by atoms with E-state index in [2.05, 4.69) is 5.32 Å². The SMILES string of the molecule is COCCCn1cc(CN(C(=O)[C@H]2CNCC[C@@H]2c2ccn(C)c(=O)c2)C2CC2)c(=O)n(CCCOC)c1=O. The first-order valence-corrected chi connectivity index (χ1v) is 13.8. The average molecular weight is 544 g/mol. The minimum Gasteiger partial charge on any atom is -0.385 e. The Kier molecular flexibility index (Phi) is 9.93. The maximum absolute atomic E-state index is 14.1. The number of hydrogen-bond donors (Lipinski definition) is 1. The molecule has 1 aliphatic heterocycles. The molecule has 0 spiro atoms. The van der Waals surface area contributed by atoms with Gasteiger partial charge in [0.15, 0.2) is 0 Å². The predicted molar refractivity (Wildman–Crippen MR) is 147 cm³/mol. The average Bonchev–Trinajstić information content (AvgIpc) is 3.78. The van der Waals surface area contributed by atoms with E-state index in [1.54, 1.807) is 44.3 Å². The summed E-state index contributed by atoms with van der Waals surface area (Å²) in [7, 11) is 4.91. The Hall–Kier alpha value is -3.02. The molecule has 4 rings (SSSR count). The molecule has 0 aromatic carbocycles. The van der Waals surface area contributed by atoms with Crippen LogP contribution in [0.1, 0.15) is 49.1 Å². The maximum Gasteiger partial charge on any atom is 0.330 e. The van der Waals surface area contributed by atoms with Crippen LogP contribution in [0.2, 0.25) is 0 Å². The molecule has 2 aliphatic rings. The third-order valence-electron chi connectivity index (χ3n) is 7.75. The molecule has 2 fully saturated rings. The zero-order chi connectivity index (χ0) is 27.9. The van der Waals surface area contributed by atoms with Gasteiger partial charge in [-0.1, -0.05) is 0 Å². The van der Waals surface area contributed by atoms with Gasteiger partial charge in [-0.3, -0.25) is 23.5 Å². The van der Waals surface area contributed by atoms with Crippen LogP contribution in [0.15, 0.2) is 38.9 Å². The fraction of sp³-hybridized carbons (Fsp3) is 0.643. The van der Waals surface area contributed by atoms with Gasteiger partial charge in [0.25, 0.3) is 11.1 Å². The summed E-state index contributed by atoms with van der Waals surface area (Å²) in [6, 6.07) is 3.62. The molecule has 0 radical (unpaired) electrons. The number of nitrogens with zero attached hydrogens (tertiary/aromatic N) is 4. The van der Waals surface area contributed by atoms with Crippen molar-refractivity contribution in [1.82, 2.24) is 23.9 Å². The molecule has 11 heteroatoms. The molecule has 11 nitrogen and oxygen atoms in total. The Morgan fingerprint density at radius 2 is 1.79 bits per heavy atom. The molecule has 0 bridgehead atoms. The molecule has 2 aromatic rings. The lowest BCUT2D eigenvalue weighted by molar-refractivity contribution is -0.138. The third kappa shape index (κ3) is 6.95. The highest BCUT2D eigenvalue weighted by atomic mass is 16.5. The first kappa shape index (κ1) is 29.0. The van der Waals surface area contributed by atoms with Crippen LogP contribution in [0.25, 0.3) is 0 Å². The van der Waals surface area contributed by atoms with Crippen molar-refractivity contribution >= 4 is 5.91 Å². The molecule has 2 atom stereocenters. The van der Waals surface area contributed by atoms with E-state index in [0.717, 1.165) is 31.4 Å². The van der Waals surface area contributed by atoms with Crippen LogP contribution in [-0.2, 0) is 41.0 Å². The number of aryl methyl sites for hydroxylation is 2. The largest absolute Gasteiger partial charge is 0.385 e. The molecule has 1 saturated heterocycles. The van der Waals surface area contributed by atoms with Gasteiger partial charge in [0.2, 0.25) is 5.91 Å². The van der Waals surface area contributed by atoms with Crippen molar-refractivity contribution in [2.75, 3.05) is 40.5 Å². The van der Waals surface area contributed by atoms with Gasteiger partial charge in [0.1, 0.15) is 0 Å². The van der Waals surface area contributed by atoms with Crippen molar-refractivity contribution in [3.8, 4) is 0 Å². The summed E-state index contributed by atoms with van der Waals surface area (Å²) in [6.45, 7) is 3.03. The summed E-state index contributed by atoms with van der Waals surface area (Å²) in [4.78, 5) is 54.9. The van der Waals surface area contributed by atoms with E-state index in [0.29, 0.717) is 44.7 Å². The number of methoxy groups -OCH3 is 2. The fourth-order valence-electron chi connectivity index (χ4n) is 5.41. The van der Waals surface area contributed by atoms with Crippen LogP contribution < -0.4 is 22.1 Å². The van der Waals surface area contributed by atoms with Crippen molar-refractivity contribution in [2.24, 2.45) is 13.0 Å². The van der Waals surface area contributed by atoms with Gasteiger partial charge in [0.05, 0.1) is 18.0 Å². The highest BCUT2D eigenvalue weighted by molar-refractivity contribution is 5.81. The Morgan fingerprint density at radius 1 is 1.08 bits per heavy atom. The summed E-state index contributed by atoms with van der Waals surface area (Å²) in [6.07, 6.45) is 7.05. The molecule has 1 aliphatic carbocycles. The number of aromatic nitrogens is 3. The lowest BCUT2D eigenvalue weighted by Gasteiger charge is -2.35. The van der Waals surface area contributed by atoms with Gasteiger partial charge in [-0.15, -0.1) is 0 Å². The first-order valence-electron chi connectivity index (χ1n) is 13.8. The summed E-state index contributed by atoms with van der Waals surface area (Å²) in [5.74, 6) is -0.441. The fourth-order valence-corrected chi connectivity index (χ4v) is 5.41. The highest BCUT2D eigenvalue weighted by Crippen LogP contribution is 2.35. The van der Waals surface area contributed by atoms with E-state index >= 15 is 0 Å². The lowest BCUT2D eigenvalue weighted by Crippen LogP contribution is -2.48. The van der Waals surface area contributed by atoms with Crippen LogP contribution in [0.4, 0.5) is 0 Å². The summed E-state index contributed by atoms with van der Waals surface area (Å²) in [5.41, 5.74) is 0.491. The van der Waals surface area contributed by atoms with Crippen molar-refractivity contribution in [3.63, 3.8) is 0 Å². The topological polar surface area (TPSA) is 117 Å². The van der Waals surface area contributed by atoms with Gasteiger partial charge >= 0.3 is 5.69 Å². The molecule has 2 aromatic heterocycles. The minimum atomic E-state index is -0.359. The van der Waals surface area contributed by atoms with Gasteiger partial charge in [0, 0.05) is 78.6 Å². The molecular formula is C28H41N5O6. The van der Waals surface area contributed by atoms with Crippen LogP contribution in [0.3, 0.4) is 0 Å².